The summed E-state index contributed by atoms with van der Waals surface area (Å²) >= 11 is 0. The molecule has 2 rings (SSSR count). The van der Waals surface area contributed by atoms with Crippen molar-refractivity contribution in [1.82, 2.24) is 20.4 Å². The molecule has 0 amide bonds. The van der Waals surface area contributed by atoms with Crippen LogP contribution in [-0.2, 0) is 6.42 Å². The van der Waals surface area contributed by atoms with Gasteiger partial charge < -0.3 is 9.84 Å². The summed E-state index contributed by atoms with van der Waals surface area (Å²) in [7, 11) is 4.09. The van der Waals surface area contributed by atoms with Crippen LogP contribution < -0.4 is 5.32 Å². The van der Waals surface area contributed by atoms with Crippen LogP contribution >= 0.6 is 0 Å². The first-order valence-electron chi connectivity index (χ1n) is 6.48. The van der Waals surface area contributed by atoms with E-state index < -0.39 is 0 Å². The summed E-state index contributed by atoms with van der Waals surface area (Å²) in [5.41, 5.74) is 0. The molecule has 1 saturated heterocycles. The molecule has 96 valence electrons. The van der Waals surface area contributed by atoms with Crippen LogP contribution in [0.3, 0.4) is 0 Å². The van der Waals surface area contributed by atoms with Gasteiger partial charge in [0.05, 0.1) is 6.04 Å². The maximum Gasteiger partial charge on any atom is 0.226 e. The number of aryl methyl sites for hydroxylation is 1. The fourth-order valence-electron chi connectivity index (χ4n) is 2.32. The Morgan fingerprint density at radius 1 is 1.47 bits per heavy atom. The smallest absolute Gasteiger partial charge is 0.226 e. The fraction of sp³-hybridized carbons (Fsp3) is 0.833. The first-order valence-corrected chi connectivity index (χ1v) is 6.48. The SMILES string of the molecule is CNCCCc1nc(C2CCCCN2C)no1. The molecule has 0 radical (unpaired) electrons. The predicted octanol–water partition coefficient (Wildman–Crippen LogP) is 1.38. The first kappa shape index (κ1) is 12.5. The van der Waals surface area contributed by atoms with Gasteiger partial charge in [-0.05, 0) is 46.4 Å². The molecular weight excluding hydrogens is 216 g/mol. The Kier molecular flexibility index (Phi) is 4.50. The van der Waals surface area contributed by atoms with E-state index in [-0.39, 0.29) is 0 Å². The zero-order valence-corrected chi connectivity index (χ0v) is 10.8. The minimum absolute atomic E-state index is 0.352. The number of rotatable bonds is 5. The third-order valence-electron chi connectivity index (χ3n) is 3.37. The van der Waals surface area contributed by atoms with Gasteiger partial charge >= 0.3 is 0 Å². The predicted molar refractivity (Wildman–Crippen MR) is 65.8 cm³/mol. The van der Waals surface area contributed by atoms with Crippen LogP contribution in [0.25, 0.3) is 0 Å². The van der Waals surface area contributed by atoms with E-state index in [1.165, 1.54) is 12.8 Å². The van der Waals surface area contributed by atoms with Crippen molar-refractivity contribution in [2.75, 3.05) is 27.2 Å². The van der Waals surface area contributed by atoms with Gasteiger partial charge in [0.2, 0.25) is 5.89 Å². The Labute approximate surface area is 103 Å². The maximum absolute atomic E-state index is 5.30. The molecule has 1 N–H and O–H groups in total. The van der Waals surface area contributed by atoms with Gasteiger partial charge in [0.15, 0.2) is 5.82 Å². The van der Waals surface area contributed by atoms with Crippen molar-refractivity contribution < 1.29 is 4.52 Å². The van der Waals surface area contributed by atoms with E-state index in [0.717, 1.165) is 44.1 Å². The highest BCUT2D eigenvalue weighted by Crippen LogP contribution is 2.27. The van der Waals surface area contributed by atoms with Gasteiger partial charge in [-0.15, -0.1) is 0 Å². The average Bonchev–Trinajstić information content (AvgIpc) is 2.79. The Morgan fingerprint density at radius 2 is 2.35 bits per heavy atom. The molecule has 0 aliphatic carbocycles. The van der Waals surface area contributed by atoms with Crippen molar-refractivity contribution in [3.8, 4) is 0 Å². The summed E-state index contributed by atoms with van der Waals surface area (Å²) in [5.74, 6) is 1.64. The molecular formula is C12H22N4O. The highest BCUT2D eigenvalue weighted by atomic mass is 16.5. The summed E-state index contributed by atoms with van der Waals surface area (Å²) in [6, 6.07) is 0.352. The monoisotopic (exact) mass is 238 g/mol. The van der Waals surface area contributed by atoms with E-state index in [1.54, 1.807) is 0 Å². The zero-order valence-electron chi connectivity index (χ0n) is 10.8. The number of aromatic nitrogens is 2. The molecule has 2 heterocycles. The Bertz CT molecular complexity index is 339. The second-order valence-electron chi connectivity index (χ2n) is 4.75. The lowest BCUT2D eigenvalue weighted by atomic mass is 10.0. The molecule has 17 heavy (non-hydrogen) atoms. The van der Waals surface area contributed by atoms with Crippen LogP contribution in [0, 0.1) is 0 Å². The van der Waals surface area contributed by atoms with Crippen molar-refractivity contribution in [3.05, 3.63) is 11.7 Å². The number of likely N-dealkylation sites (tertiary alicyclic amines) is 1. The van der Waals surface area contributed by atoms with Crippen molar-refractivity contribution in [1.29, 1.82) is 0 Å². The van der Waals surface area contributed by atoms with Crippen LogP contribution in [0.1, 0.15) is 43.4 Å². The van der Waals surface area contributed by atoms with E-state index in [2.05, 4.69) is 27.4 Å². The number of nitrogens with one attached hydrogen (secondary N) is 1. The van der Waals surface area contributed by atoms with E-state index in [4.69, 9.17) is 4.52 Å². The zero-order chi connectivity index (χ0) is 12.1. The van der Waals surface area contributed by atoms with Crippen molar-refractivity contribution in [2.45, 2.75) is 38.1 Å². The lowest BCUT2D eigenvalue weighted by Gasteiger charge is -2.29. The average molecular weight is 238 g/mol. The topological polar surface area (TPSA) is 54.2 Å². The Morgan fingerprint density at radius 3 is 3.12 bits per heavy atom. The molecule has 0 bridgehead atoms. The Hall–Kier alpha value is -0.940. The quantitative estimate of drug-likeness (QED) is 0.785. The minimum Gasteiger partial charge on any atom is -0.339 e. The molecule has 1 atom stereocenters. The molecule has 1 aromatic heterocycles. The highest BCUT2D eigenvalue weighted by Gasteiger charge is 2.25. The van der Waals surface area contributed by atoms with Crippen LogP contribution in [0.15, 0.2) is 4.52 Å². The van der Waals surface area contributed by atoms with Gasteiger partial charge in [0, 0.05) is 6.42 Å². The third-order valence-corrected chi connectivity index (χ3v) is 3.37. The molecule has 0 saturated carbocycles. The van der Waals surface area contributed by atoms with E-state index in [1.807, 2.05) is 7.05 Å². The van der Waals surface area contributed by atoms with Crippen LogP contribution in [0.4, 0.5) is 0 Å². The van der Waals surface area contributed by atoms with E-state index in [0.29, 0.717) is 6.04 Å². The molecule has 1 unspecified atom stereocenters. The van der Waals surface area contributed by atoms with Gasteiger partial charge in [0.25, 0.3) is 0 Å². The van der Waals surface area contributed by atoms with E-state index >= 15 is 0 Å². The summed E-state index contributed by atoms with van der Waals surface area (Å²) in [6.45, 7) is 2.12. The van der Waals surface area contributed by atoms with Gasteiger partial charge in [-0.1, -0.05) is 11.6 Å². The van der Waals surface area contributed by atoms with Crippen molar-refractivity contribution >= 4 is 0 Å². The second-order valence-corrected chi connectivity index (χ2v) is 4.75. The Balaban J connectivity index is 1.92. The van der Waals surface area contributed by atoms with Gasteiger partial charge in [-0.2, -0.15) is 4.98 Å². The number of nitrogens with zero attached hydrogens (tertiary/aromatic N) is 3. The largest absolute Gasteiger partial charge is 0.339 e. The van der Waals surface area contributed by atoms with Crippen LogP contribution in [0.5, 0.6) is 0 Å². The normalized spacial score (nSPS) is 21.9. The molecule has 1 aromatic rings. The molecule has 5 heteroatoms. The molecule has 0 spiro atoms. The highest BCUT2D eigenvalue weighted by molar-refractivity contribution is 4.96. The standard InChI is InChI=1S/C12H22N4O/c1-13-8-5-7-11-14-12(15-17-11)10-6-3-4-9-16(10)2/h10,13H,3-9H2,1-2H3. The third kappa shape index (κ3) is 3.26. The minimum atomic E-state index is 0.352. The molecule has 1 aliphatic rings. The number of hydrogen-bond donors (Lipinski definition) is 1. The summed E-state index contributed by atoms with van der Waals surface area (Å²) in [4.78, 5) is 6.83. The number of piperidine rings is 1. The molecule has 1 fully saturated rings. The van der Waals surface area contributed by atoms with Gasteiger partial charge in [0.1, 0.15) is 0 Å². The molecule has 5 nitrogen and oxygen atoms in total. The fourth-order valence-corrected chi connectivity index (χ4v) is 2.32. The van der Waals surface area contributed by atoms with Crippen LogP contribution in [0.2, 0.25) is 0 Å². The summed E-state index contributed by atoms with van der Waals surface area (Å²) < 4.78 is 5.30. The lowest BCUT2D eigenvalue weighted by Crippen LogP contribution is -2.30. The van der Waals surface area contributed by atoms with Crippen molar-refractivity contribution in [2.24, 2.45) is 0 Å². The van der Waals surface area contributed by atoms with Crippen molar-refractivity contribution in [3.63, 3.8) is 0 Å². The molecule has 1 aliphatic heterocycles. The summed E-state index contributed by atoms with van der Waals surface area (Å²) in [6.07, 6.45) is 5.59. The summed E-state index contributed by atoms with van der Waals surface area (Å²) in [5, 5.41) is 7.24. The molecule has 0 aromatic carbocycles. The van der Waals surface area contributed by atoms with Crippen LogP contribution in [-0.4, -0.2) is 42.2 Å². The second kappa shape index (κ2) is 6.12. The van der Waals surface area contributed by atoms with Gasteiger partial charge in [-0.25, -0.2) is 0 Å². The van der Waals surface area contributed by atoms with E-state index in [9.17, 15) is 0 Å². The first-order chi connectivity index (χ1) is 8.31. The van der Waals surface area contributed by atoms with Gasteiger partial charge in [-0.3, -0.25) is 4.90 Å². The lowest BCUT2D eigenvalue weighted by molar-refractivity contribution is 0.176. The maximum atomic E-state index is 5.30. The number of hydrogen-bond acceptors (Lipinski definition) is 5.